The molecule has 0 saturated carbocycles. The van der Waals surface area contributed by atoms with Gasteiger partial charge in [0, 0.05) is 6.20 Å². The van der Waals surface area contributed by atoms with Crippen molar-refractivity contribution in [1.82, 2.24) is 4.98 Å². The minimum absolute atomic E-state index is 0.226. The Kier molecular flexibility index (Phi) is 4.63. The fraction of sp³-hybridized carbons (Fsp3) is 0.500. The first-order chi connectivity index (χ1) is 7.55. The number of nitriles is 1. The summed E-state index contributed by atoms with van der Waals surface area (Å²) in [6, 6.07) is 5.99. The fourth-order valence-corrected chi connectivity index (χ4v) is 2.11. The molecule has 0 aliphatic carbocycles. The van der Waals surface area contributed by atoms with Crippen molar-refractivity contribution >= 4 is 17.4 Å². The second-order valence-electron chi connectivity index (χ2n) is 4.35. The standard InChI is InChI=1S/C12H17N3S/c1-12(2,9-13)6-4-8-16-11-10(14)5-3-7-15-11/h3,5,7H,4,6,8,14H2,1-2H3. The van der Waals surface area contributed by atoms with Gasteiger partial charge in [0.1, 0.15) is 5.03 Å². The van der Waals surface area contributed by atoms with Gasteiger partial charge in [-0.25, -0.2) is 4.98 Å². The zero-order valence-electron chi connectivity index (χ0n) is 9.73. The number of hydrogen-bond acceptors (Lipinski definition) is 4. The van der Waals surface area contributed by atoms with Crippen LogP contribution in [0, 0.1) is 16.7 Å². The summed E-state index contributed by atoms with van der Waals surface area (Å²) in [7, 11) is 0. The highest BCUT2D eigenvalue weighted by Crippen LogP contribution is 2.26. The van der Waals surface area contributed by atoms with Crippen LogP contribution in [0.3, 0.4) is 0 Å². The summed E-state index contributed by atoms with van der Waals surface area (Å²) in [5.74, 6) is 0.951. The maximum Gasteiger partial charge on any atom is 0.119 e. The Bertz CT molecular complexity index is 382. The van der Waals surface area contributed by atoms with Crippen LogP contribution < -0.4 is 5.73 Å². The summed E-state index contributed by atoms with van der Waals surface area (Å²) >= 11 is 1.65. The third-order valence-corrected chi connectivity index (χ3v) is 3.40. The molecule has 0 fully saturated rings. The van der Waals surface area contributed by atoms with Gasteiger partial charge >= 0.3 is 0 Å². The lowest BCUT2D eigenvalue weighted by Gasteiger charge is -2.14. The average molecular weight is 235 g/mol. The van der Waals surface area contributed by atoms with Crippen molar-refractivity contribution in [2.24, 2.45) is 5.41 Å². The molecule has 4 heteroatoms. The Morgan fingerprint density at radius 1 is 1.56 bits per heavy atom. The number of nitrogen functional groups attached to an aromatic ring is 1. The lowest BCUT2D eigenvalue weighted by Crippen LogP contribution is -2.07. The molecule has 0 aromatic carbocycles. The summed E-state index contributed by atoms with van der Waals surface area (Å²) < 4.78 is 0. The summed E-state index contributed by atoms with van der Waals surface area (Å²) in [6.45, 7) is 3.93. The van der Waals surface area contributed by atoms with Crippen LogP contribution in [-0.4, -0.2) is 10.7 Å². The Hall–Kier alpha value is -1.21. The van der Waals surface area contributed by atoms with Crippen LogP contribution in [0.1, 0.15) is 26.7 Å². The van der Waals surface area contributed by atoms with Gasteiger partial charge in [-0.2, -0.15) is 5.26 Å². The van der Waals surface area contributed by atoms with E-state index in [9.17, 15) is 0 Å². The summed E-state index contributed by atoms with van der Waals surface area (Å²) in [5.41, 5.74) is 6.28. The summed E-state index contributed by atoms with van der Waals surface area (Å²) in [4.78, 5) is 4.21. The SMILES string of the molecule is CC(C)(C#N)CCCSc1ncccc1N. The van der Waals surface area contributed by atoms with E-state index in [0.29, 0.717) is 0 Å². The maximum atomic E-state index is 8.87. The molecule has 0 unspecified atom stereocenters. The average Bonchev–Trinajstić information content (AvgIpc) is 2.27. The summed E-state index contributed by atoms with van der Waals surface area (Å²) in [5, 5.41) is 9.75. The number of rotatable bonds is 5. The molecule has 0 bridgehead atoms. The molecule has 0 atom stereocenters. The van der Waals surface area contributed by atoms with Gasteiger partial charge in [0.25, 0.3) is 0 Å². The van der Waals surface area contributed by atoms with Crippen molar-refractivity contribution in [2.75, 3.05) is 11.5 Å². The molecule has 0 aliphatic rings. The Balaban J connectivity index is 2.33. The number of nitrogens with two attached hydrogens (primary N) is 1. The van der Waals surface area contributed by atoms with Crippen LogP contribution >= 0.6 is 11.8 Å². The van der Waals surface area contributed by atoms with E-state index >= 15 is 0 Å². The van der Waals surface area contributed by atoms with Crippen molar-refractivity contribution in [3.8, 4) is 6.07 Å². The largest absolute Gasteiger partial charge is 0.397 e. The Labute approximate surface area is 101 Å². The molecule has 1 rings (SSSR count). The van der Waals surface area contributed by atoms with Crippen LogP contribution in [0.2, 0.25) is 0 Å². The number of anilines is 1. The monoisotopic (exact) mass is 235 g/mol. The molecule has 0 spiro atoms. The topological polar surface area (TPSA) is 62.7 Å². The number of aromatic nitrogens is 1. The predicted molar refractivity (Wildman–Crippen MR) is 68.0 cm³/mol. The normalized spacial score (nSPS) is 11.1. The molecule has 1 aromatic heterocycles. The highest BCUT2D eigenvalue weighted by molar-refractivity contribution is 7.99. The van der Waals surface area contributed by atoms with Gasteiger partial charge < -0.3 is 5.73 Å². The van der Waals surface area contributed by atoms with Crippen molar-refractivity contribution in [3.05, 3.63) is 18.3 Å². The molecule has 0 amide bonds. The Morgan fingerprint density at radius 2 is 2.31 bits per heavy atom. The van der Waals surface area contributed by atoms with E-state index in [-0.39, 0.29) is 5.41 Å². The molecule has 86 valence electrons. The zero-order valence-corrected chi connectivity index (χ0v) is 10.5. The van der Waals surface area contributed by atoms with Gasteiger partial charge in [-0.05, 0) is 44.6 Å². The lowest BCUT2D eigenvalue weighted by molar-refractivity contribution is 0.448. The van der Waals surface area contributed by atoms with Gasteiger partial charge in [0.05, 0.1) is 17.2 Å². The van der Waals surface area contributed by atoms with E-state index in [1.807, 2.05) is 26.0 Å². The van der Waals surface area contributed by atoms with Crippen LogP contribution in [0.5, 0.6) is 0 Å². The van der Waals surface area contributed by atoms with Gasteiger partial charge in [-0.3, -0.25) is 0 Å². The van der Waals surface area contributed by atoms with Crippen molar-refractivity contribution in [3.63, 3.8) is 0 Å². The third kappa shape index (κ3) is 4.11. The minimum Gasteiger partial charge on any atom is -0.397 e. The van der Waals surface area contributed by atoms with E-state index in [2.05, 4.69) is 11.1 Å². The van der Waals surface area contributed by atoms with Gasteiger partial charge in [-0.1, -0.05) is 0 Å². The predicted octanol–water partition coefficient (Wildman–Crippen LogP) is 3.09. The molecule has 1 aromatic rings. The highest BCUT2D eigenvalue weighted by Gasteiger charge is 2.15. The second kappa shape index (κ2) is 5.76. The molecule has 0 aliphatic heterocycles. The highest BCUT2D eigenvalue weighted by atomic mass is 32.2. The fourth-order valence-electron chi connectivity index (χ4n) is 1.26. The summed E-state index contributed by atoms with van der Waals surface area (Å²) in [6.07, 6.45) is 3.66. The van der Waals surface area contributed by atoms with E-state index in [1.54, 1.807) is 18.0 Å². The van der Waals surface area contributed by atoms with Gasteiger partial charge in [0.15, 0.2) is 0 Å². The molecule has 0 radical (unpaired) electrons. The first-order valence-corrected chi connectivity index (χ1v) is 6.28. The quantitative estimate of drug-likeness (QED) is 0.629. The number of thioether (sulfide) groups is 1. The molecule has 1 heterocycles. The third-order valence-electron chi connectivity index (χ3n) is 2.29. The second-order valence-corrected chi connectivity index (χ2v) is 5.43. The number of pyridine rings is 1. The van der Waals surface area contributed by atoms with E-state index < -0.39 is 0 Å². The van der Waals surface area contributed by atoms with Gasteiger partial charge in [0.2, 0.25) is 0 Å². The van der Waals surface area contributed by atoms with E-state index in [0.717, 1.165) is 29.3 Å². The van der Waals surface area contributed by atoms with E-state index in [4.69, 9.17) is 11.0 Å². The molecule has 16 heavy (non-hydrogen) atoms. The lowest BCUT2D eigenvalue weighted by atomic mass is 9.90. The van der Waals surface area contributed by atoms with Crippen molar-refractivity contribution in [1.29, 1.82) is 5.26 Å². The first-order valence-electron chi connectivity index (χ1n) is 5.30. The minimum atomic E-state index is -0.226. The molecular formula is C12H17N3S. The Morgan fingerprint density at radius 3 is 2.94 bits per heavy atom. The number of hydrogen-bond donors (Lipinski definition) is 1. The molecule has 2 N–H and O–H groups in total. The van der Waals surface area contributed by atoms with E-state index in [1.165, 1.54) is 0 Å². The van der Waals surface area contributed by atoms with Crippen LogP contribution in [0.4, 0.5) is 5.69 Å². The van der Waals surface area contributed by atoms with Crippen molar-refractivity contribution < 1.29 is 0 Å². The molecule has 3 nitrogen and oxygen atoms in total. The number of nitrogens with zero attached hydrogens (tertiary/aromatic N) is 2. The van der Waals surface area contributed by atoms with Crippen LogP contribution in [-0.2, 0) is 0 Å². The molecular weight excluding hydrogens is 218 g/mol. The smallest absolute Gasteiger partial charge is 0.119 e. The first kappa shape index (κ1) is 12.9. The molecule has 0 saturated heterocycles. The van der Waals surface area contributed by atoms with Crippen LogP contribution in [0.15, 0.2) is 23.4 Å². The van der Waals surface area contributed by atoms with Crippen molar-refractivity contribution in [2.45, 2.75) is 31.7 Å². The zero-order chi connectivity index (χ0) is 12.0. The van der Waals surface area contributed by atoms with Crippen LogP contribution in [0.25, 0.3) is 0 Å². The van der Waals surface area contributed by atoms with Gasteiger partial charge in [-0.15, -0.1) is 11.8 Å². The maximum absolute atomic E-state index is 8.87.